The zero-order valence-electron chi connectivity index (χ0n) is 18.5. The molecule has 0 aromatic heterocycles. The van der Waals surface area contributed by atoms with Crippen LogP contribution in [0.5, 0.6) is 0 Å². The summed E-state index contributed by atoms with van der Waals surface area (Å²) in [7, 11) is 0. The number of nitrogens with one attached hydrogen (secondary N) is 1. The summed E-state index contributed by atoms with van der Waals surface area (Å²) in [4.78, 5) is 52.2. The van der Waals surface area contributed by atoms with Gasteiger partial charge in [0.05, 0.1) is 6.54 Å². The lowest BCUT2D eigenvalue weighted by Gasteiger charge is -2.17. The molecule has 2 aliphatic heterocycles. The molecule has 2 heterocycles. The predicted octanol–water partition coefficient (Wildman–Crippen LogP) is 3.79. The maximum Gasteiger partial charge on any atom is 0.258 e. The van der Waals surface area contributed by atoms with Crippen LogP contribution in [-0.2, 0) is 22.6 Å². The molecule has 2 aliphatic rings. The normalized spacial score (nSPS) is 14.9. The van der Waals surface area contributed by atoms with Crippen LogP contribution in [-0.4, -0.2) is 35.1 Å². The third kappa shape index (κ3) is 4.20. The van der Waals surface area contributed by atoms with Crippen molar-refractivity contribution in [3.63, 3.8) is 0 Å². The molecule has 0 atom stereocenters. The van der Waals surface area contributed by atoms with E-state index in [0.717, 1.165) is 17.7 Å². The zero-order valence-corrected chi connectivity index (χ0v) is 18.5. The lowest BCUT2D eigenvalue weighted by molar-refractivity contribution is -0.139. The molecule has 170 valence electrons. The topological polar surface area (TPSA) is 86.8 Å². The molecule has 0 spiro atoms. The Hall–Kier alpha value is -4.26. The number of nitrogens with zero attached hydrogens (tertiary/aromatic N) is 2. The molecule has 5 rings (SSSR count). The van der Waals surface area contributed by atoms with E-state index in [-0.39, 0.29) is 43.0 Å². The molecule has 1 fully saturated rings. The van der Waals surface area contributed by atoms with Crippen LogP contribution in [0.2, 0.25) is 0 Å². The average molecular weight is 453 g/mol. The highest BCUT2D eigenvalue weighted by Gasteiger charge is 2.28. The molecule has 0 aliphatic carbocycles. The second-order valence-electron chi connectivity index (χ2n) is 8.44. The summed E-state index contributed by atoms with van der Waals surface area (Å²) in [5, 5.41) is 2.83. The maximum absolute atomic E-state index is 13.0. The third-order valence-electron chi connectivity index (χ3n) is 6.23. The fraction of sp³-hybridized carbons (Fsp3) is 0.185. The van der Waals surface area contributed by atoms with E-state index in [1.54, 1.807) is 53.4 Å². The minimum atomic E-state index is -0.285. The van der Waals surface area contributed by atoms with Gasteiger partial charge >= 0.3 is 0 Å². The highest BCUT2D eigenvalue weighted by Crippen LogP contribution is 2.29. The Morgan fingerprint density at radius 2 is 1.41 bits per heavy atom. The van der Waals surface area contributed by atoms with Gasteiger partial charge in [0.15, 0.2) is 0 Å². The lowest BCUT2D eigenvalue weighted by atomic mass is 10.1. The summed E-state index contributed by atoms with van der Waals surface area (Å²) in [6.45, 7) is 0.878. The number of fused-ring (bicyclic) bond motifs is 1. The number of hydrogen-bond acceptors (Lipinski definition) is 4. The molecule has 1 N–H and O–H groups in total. The summed E-state index contributed by atoms with van der Waals surface area (Å²) in [6.07, 6.45) is 1.36. The molecule has 1 saturated heterocycles. The summed E-state index contributed by atoms with van der Waals surface area (Å²) < 4.78 is 0. The van der Waals surface area contributed by atoms with Crippen LogP contribution >= 0.6 is 0 Å². The quantitative estimate of drug-likeness (QED) is 0.596. The van der Waals surface area contributed by atoms with E-state index in [1.165, 1.54) is 10.5 Å². The van der Waals surface area contributed by atoms with Gasteiger partial charge in [0.1, 0.15) is 0 Å². The molecule has 3 aromatic carbocycles. The standard InChI is InChI=1S/C27H23N3O4/c31-24-13-14-25(32)30(24)17-18-5-7-20(8-6-18)26(33)28-22-11-9-21(10-12-22)27(34)29-16-15-19-3-1-2-4-23(19)29/h1-12H,13-17H2,(H,28,33). The Labute approximate surface area is 197 Å². The second-order valence-corrected chi connectivity index (χ2v) is 8.44. The number of imide groups is 1. The molecule has 3 aromatic rings. The minimum Gasteiger partial charge on any atom is -0.322 e. The first-order valence-corrected chi connectivity index (χ1v) is 11.2. The molecule has 7 heteroatoms. The Morgan fingerprint density at radius 1 is 0.765 bits per heavy atom. The summed E-state index contributed by atoms with van der Waals surface area (Å²) in [6, 6.07) is 21.6. The number of para-hydroxylation sites is 1. The van der Waals surface area contributed by atoms with Crippen molar-refractivity contribution in [1.29, 1.82) is 0 Å². The van der Waals surface area contributed by atoms with Crippen LogP contribution in [0.25, 0.3) is 0 Å². The molecular weight excluding hydrogens is 430 g/mol. The number of benzene rings is 3. The van der Waals surface area contributed by atoms with Gasteiger partial charge in [-0.25, -0.2) is 0 Å². The van der Waals surface area contributed by atoms with Gasteiger partial charge in [0.25, 0.3) is 11.8 Å². The van der Waals surface area contributed by atoms with E-state index >= 15 is 0 Å². The average Bonchev–Trinajstić information content (AvgIpc) is 3.43. The van der Waals surface area contributed by atoms with Crippen molar-refractivity contribution in [3.8, 4) is 0 Å². The Morgan fingerprint density at radius 3 is 2.12 bits per heavy atom. The monoisotopic (exact) mass is 453 g/mol. The van der Waals surface area contributed by atoms with Crippen LogP contribution in [0.1, 0.15) is 44.7 Å². The number of likely N-dealkylation sites (tertiary alicyclic amines) is 1. The van der Waals surface area contributed by atoms with Gasteiger partial charge in [0, 0.05) is 41.9 Å². The van der Waals surface area contributed by atoms with Gasteiger partial charge in [-0.1, -0.05) is 30.3 Å². The fourth-order valence-electron chi connectivity index (χ4n) is 4.35. The van der Waals surface area contributed by atoms with Crippen LogP contribution in [0.15, 0.2) is 72.8 Å². The first-order valence-electron chi connectivity index (χ1n) is 11.2. The van der Waals surface area contributed by atoms with E-state index in [9.17, 15) is 19.2 Å². The van der Waals surface area contributed by atoms with Crippen LogP contribution in [0.3, 0.4) is 0 Å². The fourth-order valence-corrected chi connectivity index (χ4v) is 4.35. The molecule has 0 bridgehead atoms. The maximum atomic E-state index is 13.0. The first kappa shape index (κ1) is 21.6. The van der Waals surface area contributed by atoms with Gasteiger partial charge in [-0.15, -0.1) is 0 Å². The van der Waals surface area contributed by atoms with Crippen molar-refractivity contribution < 1.29 is 19.2 Å². The van der Waals surface area contributed by atoms with Crippen LogP contribution < -0.4 is 10.2 Å². The highest BCUT2D eigenvalue weighted by atomic mass is 16.2. The van der Waals surface area contributed by atoms with E-state index in [0.29, 0.717) is 23.4 Å². The molecule has 4 amide bonds. The first-order chi connectivity index (χ1) is 16.5. The van der Waals surface area contributed by atoms with Crippen LogP contribution in [0.4, 0.5) is 11.4 Å². The van der Waals surface area contributed by atoms with Crippen LogP contribution in [0, 0.1) is 0 Å². The van der Waals surface area contributed by atoms with Gasteiger partial charge < -0.3 is 10.2 Å². The summed E-state index contributed by atoms with van der Waals surface area (Å²) in [5.74, 6) is -0.675. The molecule has 34 heavy (non-hydrogen) atoms. The van der Waals surface area contributed by atoms with Crippen molar-refractivity contribution in [1.82, 2.24) is 4.90 Å². The van der Waals surface area contributed by atoms with Crippen molar-refractivity contribution in [2.24, 2.45) is 0 Å². The van der Waals surface area contributed by atoms with E-state index in [4.69, 9.17) is 0 Å². The third-order valence-corrected chi connectivity index (χ3v) is 6.23. The van der Waals surface area contributed by atoms with Crippen molar-refractivity contribution >= 4 is 35.0 Å². The van der Waals surface area contributed by atoms with Crippen molar-refractivity contribution in [3.05, 3.63) is 95.1 Å². The smallest absolute Gasteiger partial charge is 0.258 e. The largest absolute Gasteiger partial charge is 0.322 e. The van der Waals surface area contributed by atoms with E-state index in [2.05, 4.69) is 5.32 Å². The van der Waals surface area contributed by atoms with Gasteiger partial charge in [-0.2, -0.15) is 0 Å². The lowest BCUT2D eigenvalue weighted by Crippen LogP contribution is -2.28. The van der Waals surface area contributed by atoms with Crippen molar-refractivity contribution in [2.45, 2.75) is 25.8 Å². The Bertz CT molecular complexity index is 1270. The summed E-state index contributed by atoms with van der Waals surface area (Å²) in [5.41, 5.74) is 4.50. The molecular formula is C27H23N3O4. The number of carbonyl (C=O) groups excluding carboxylic acids is 4. The Kier molecular flexibility index (Phi) is 5.67. The molecule has 0 radical (unpaired) electrons. The number of carbonyl (C=O) groups is 4. The molecule has 0 unspecified atom stereocenters. The summed E-state index contributed by atoms with van der Waals surface area (Å²) >= 11 is 0. The Balaban J connectivity index is 1.21. The highest BCUT2D eigenvalue weighted by molar-refractivity contribution is 6.08. The molecule has 7 nitrogen and oxygen atoms in total. The number of hydrogen-bond donors (Lipinski definition) is 1. The van der Waals surface area contributed by atoms with Crippen molar-refractivity contribution in [2.75, 3.05) is 16.8 Å². The minimum absolute atomic E-state index is 0.0617. The number of anilines is 2. The number of rotatable bonds is 5. The second kappa shape index (κ2) is 8.94. The SMILES string of the molecule is O=C(Nc1ccc(C(=O)N2CCc3ccccc32)cc1)c1ccc(CN2C(=O)CCC2=O)cc1. The zero-order chi connectivity index (χ0) is 23.7. The van der Waals surface area contributed by atoms with Gasteiger partial charge in [0.2, 0.25) is 11.8 Å². The predicted molar refractivity (Wildman–Crippen MR) is 127 cm³/mol. The van der Waals surface area contributed by atoms with E-state index in [1.807, 2.05) is 24.3 Å². The molecule has 0 saturated carbocycles. The van der Waals surface area contributed by atoms with Gasteiger partial charge in [-0.05, 0) is 60.0 Å². The number of amides is 4. The van der Waals surface area contributed by atoms with E-state index < -0.39 is 0 Å². The van der Waals surface area contributed by atoms with Gasteiger partial charge in [-0.3, -0.25) is 24.1 Å².